The van der Waals surface area contributed by atoms with Gasteiger partial charge in [0.1, 0.15) is 0 Å². The minimum absolute atomic E-state index is 0.248. The van der Waals surface area contributed by atoms with E-state index >= 15 is 0 Å². The number of ether oxygens (including phenoxy) is 1. The van der Waals surface area contributed by atoms with Crippen LogP contribution in [0.4, 0.5) is 0 Å². The molecule has 0 saturated carbocycles. The van der Waals surface area contributed by atoms with Crippen LogP contribution in [0, 0.1) is 19.8 Å². The standard InChI is InChI=1S/C16H27N3O2/c1-4-21-12-15-5-8-18(9-6-15)16(20)7-10-19-14(3)11-13(2)17-19/h11,15H,4-10,12H2,1-3H3. The fourth-order valence-electron chi connectivity index (χ4n) is 2.89. The van der Waals surface area contributed by atoms with Gasteiger partial charge < -0.3 is 9.64 Å². The van der Waals surface area contributed by atoms with Gasteiger partial charge in [0.2, 0.25) is 5.91 Å². The monoisotopic (exact) mass is 293 g/mol. The van der Waals surface area contributed by atoms with Crippen LogP contribution in [-0.2, 0) is 16.1 Å². The average molecular weight is 293 g/mol. The van der Waals surface area contributed by atoms with Gasteiger partial charge in [0.25, 0.3) is 0 Å². The first-order chi connectivity index (χ1) is 10.1. The number of aryl methyl sites for hydroxylation is 3. The third-order valence-electron chi connectivity index (χ3n) is 4.17. The van der Waals surface area contributed by atoms with Crippen LogP contribution in [0.3, 0.4) is 0 Å². The summed E-state index contributed by atoms with van der Waals surface area (Å²) in [5.41, 5.74) is 2.13. The van der Waals surface area contributed by atoms with Crippen molar-refractivity contribution in [1.29, 1.82) is 0 Å². The van der Waals surface area contributed by atoms with Gasteiger partial charge in [-0.25, -0.2) is 0 Å². The van der Waals surface area contributed by atoms with Crippen LogP contribution in [0.15, 0.2) is 6.07 Å². The second kappa shape index (κ2) is 7.59. The molecular weight excluding hydrogens is 266 g/mol. The summed E-state index contributed by atoms with van der Waals surface area (Å²) in [7, 11) is 0. The van der Waals surface area contributed by atoms with E-state index in [-0.39, 0.29) is 5.91 Å². The summed E-state index contributed by atoms with van der Waals surface area (Å²) < 4.78 is 7.40. The number of hydrogen-bond donors (Lipinski definition) is 0. The van der Waals surface area contributed by atoms with Crippen molar-refractivity contribution in [2.75, 3.05) is 26.3 Å². The molecule has 1 fully saturated rings. The average Bonchev–Trinajstić information content (AvgIpc) is 2.81. The number of piperidine rings is 1. The van der Waals surface area contributed by atoms with E-state index in [2.05, 4.69) is 5.10 Å². The summed E-state index contributed by atoms with van der Waals surface area (Å²) in [4.78, 5) is 14.3. The maximum atomic E-state index is 12.3. The fourth-order valence-corrected chi connectivity index (χ4v) is 2.89. The number of hydrogen-bond acceptors (Lipinski definition) is 3. The molecule has 2 heterocycles. The highest BCUT2D eigenvalue weighted by Gasteiger charge is 2.22. The van der Waals surface area contributed by atoms with Gasteiger partial charge >= 0.3 is 0 Å². The molecule has 0 radical (unpaired) electrons. The minimum atomic E-state index is 0.248. The Labute approximate surface area is 127 Å². The van der Waals surface area contributed by atoms with Crippen molar-refractivity contribution in [3.8, 4) is 0 Å². The molecule has 5 nitrogen and oxygen atoms in total. The van der Waals surface area contributed by atoms with Gasteiger partial charge in [-0.3, -0.25) is 9.48 Å². The molecule has 0 aromatic carbocycles. The van der Waals surface area contributed by atoms with E-state index in [9.17, 15) is 4.79 Å². The SMILES string of the molecule is CCOCC1CCN(C(=O)CCn2nc(C)cc2C)CC1. The first-order valence-corrected chi connectivity index (χ1v) is 7.96. The van der Waals surface area contributed by atoms with Crippen molar-refractivity contribution >= 4 is 5.91 Å². The van der Waals surface area contributed by atoms with Crippen molar-refractivity contribution in [1.82, 2.24) is 14.7 Å². The van der Waals surface area contributed by atoms with E-state index in [4.69, 9.17) is 4.74 Å². The molecule has 1 aromatic rings. The lowest BCUT2D eigenvalue weighted by Crippen LogP contribution is -2.39. The number of amides is 1. The van der Waals surface area contributed by atoms with Crippen molar-refractivity contribution in [2.24, 2.45) is 5.92 Å². The Kier molecular flexibility index (Phi) is 5.79. The van der Waals surface area contributed by atoms with Crippen molar-refractivity contribution in [3.05, 3.63) is 17.5 Å². The number of carbonyl (C=O) groups excluding carboxylic acids is 1. The largest absolute Gasteiger partial charge is 0.381 e. The maximum absolute atomic E-state index is 12.3. The zero-order valence-corrected chi connectivity index (χ0v) is 13.5. The van der Waals surface area contributed by atoms with Gasteiger partial charge in [-0.15, -0.1) is 0 Å². The lowest BCUT2D eigenvalue weighted by atomic mass is 9.97. The van der Waals surface area contributed by atoms with Crippen LogP contribution in [0.5, 0.6) is 0 Å². The smallest absolute Gasteiger partial charge is 0.224 e. The molecule has 1 aromatic heterocycles. The van der Waals surface area contributed by atoms with Crippen molar-refractivity contribution < 1.29 is 9.53 Å². The predicted molar refractivity (Wildman–Crippen MR) is 82.1 cm³/mol. The highest BCUT2D eigenvalue weighted by Crippen LogP contribution is 2.18. The van der Waals surface area contributed by atoms with E-state index in [1.807, 2.05) is 36.4 Å². The lowest BCUT2D eigenvalue weighted by molar-refractivity contribution is -0.133. The van der Waals surface area contributed by atoms with Gasteiger partial charge in [-0.2, -0.15) is 5.10 Å². The summed E-state index contributed by atoms with van der Waals surface area (Å²) >= 11 is 0. The number of carbonyl (C=O) groups is 1. The number of rotatable bonds is 6. The Hall–Kier alpha value is -1.36. The van der Waals surface area contributed by atoms with E-state index in [1.54, 1.807) is 0 Å². The minimum Gasteiger partial charge on any atom is -0.381 e. The molecule has 0 spiro atoms. The zero-order valence-electron chi connectivity index (χ0n) is 13.5. The quantitative estimate of drug-likeness (QED) is 0.807. The molecule has 0 N–H and O–H groups in total. The molecular formula is C16H27N3O2. The maximum Gasteiger partial charge on any atom is 0.224 e. The summed E-state index contributed by atoms with van der Waals surface area (Å²) in [6.07, 6.45) is 2.66. The summed E-state index contributed by atoms with van der Waals surface area (Å²) in [6.45, 7) is 10.1. The predicted octanol–water partition coefficient (Wildman–Crippen LogP) is 2.17. The summed E-state index contributed by atoms with van der Waals surface area (Å²) in [6, 6.07) is 2.05. The highest BCUT2D eigenvalue weighted by molar-refractivity contribution is 5.76. The van der Waals surface area contributed by atoms with E-state index in [0.29, 0.717) is 18.9 Å². The summed E-state index contributed by atoms with van der Waals surface area (Å²) in [5, 5.41) is 4.40. The number of aromatic nitrogens is 2. The molecule has 0 aliphatic carbocycles. The molecule has 1 aliphatic rings. The van der Waals surface area contributed by atoms with Gasteiger partial charge in [-0.05, 0) is 45.6 Å². The molecule has 5 heteroatoms. The van der Waals surface area contributed by atoms with Gasteiger partial charge in [0.05, 0.1) is 5.69 Å². The van der Waals surface area contributed by atoms with Crippen LogP contribution >= 0.6 is 0 Å². The van der Waals surface area contributed by atoms with Crippen LogP contribution in [0.25, 0.3) is 0 Å². The van der Waals surface area contributed by atoms with Gasteiger partial charge in [-0.1, -0.05) is 0 Å². The van der Waals surface area contributed by atoms with Crippen molar-refractivity contribution in [3.63, 3.8) is 0 Å². The molecule has 1 aliphatic heterocycles. The number of nitrogens with zero attached hydrogens (tertiary/aromatic N) is 3. The molecule has 21 heavy (non-hydrogen) atoms. The summed E-state index contributed by atoms with van der Waals surface area (Å²) in [5.74, 6) is 0.863. The second-order valence-corrected chi connectivity index (χ2v) is 5.88. The Morgan fingerprint density at radius 2 is 2.10 bits per heavy atom. The highest BCUT2D eigenvalue weighted by atomic mass is 16.5. The molecule has 0 bridgehead atoms. The van der Waals surface area contributed by atoms with Crippen LogP contribution in [0.2, 0.25) is 0 Å². The number of likely N-dealkylation sites (tertiary alicyclic amines) is 1. The van der Waals surface area contributed by atoms with Gasteiger partial charge in [0, 0.05) is 45.0 Å². The Balaban J connectivity index is 1.73. The molecule has 118 valence electrons. The Morgan fingerprint density at radius 1 is 1.38 bits per heavy atom. The Bertz CT molecular complexity index is 462. The van der Waals surface area contributed by atoms with E-state index in [0.717, 1.165) is 50.5 Å². The molecule has 0 atom stereocenters. The van der Waals surface area contributed by atoms with Crippen LogP contribution < -0.4 is 0 Å². The zero-order chi connectivity index (χ0) is 15.2. The first-order valence-electron chi connectivity index (χ1n) is 7.96. The third kappa shape index (κ3) is 4.56. The normalized spacial score (nSPS) is 16.4. The van der Waals surface area contributed by atoms with Gasteiger partial charge in [0.15, 0.2) is 0 Å². The molecule has 1 amide bonds. The molecule has 0 unspecified atom stereocenters. The molecule has 2 rings (SSSR count). The first kappa shape index (κ1) is 16.0. The lowest BCUT2D eigenvalue weighted by Gasteiger charge is -2.32. The topological polar surface area (TPSA) is 47.4 Å². The molecule has 1 saturated heterocycles. The fraction of sp³-hybridized carbons (Fsp3) is 0.750. The van der Waals surface area contributed by atoms with E-state index in [1.165, 1.54) is 0 Å². The second-order valence-electron chi connectivity index (χ2n) is 5.88. The van der Waals surface area contributed by atoms with Crippen molar-refractivity contribution in [2.45, 2.75) is 46.6 Å². The third-order valence-corrected chi connectivity index (χ3v) is 4.17. The van der Waals surface area contributed by atoms with Crippen LogP contribution in [0.1, 0.15) is 37.6 Å². The van der Waals surface area contributed by atoms with E-state index < -0.39 is 0 Å². The Morgan fingerprint density at radius 3 is 2.67 bits per heavy atom. The van der Waals surface area contributed by atoms with Crippen LogP contribution in [-0.4, -0.2) is 46.9 Å².